The van der Waals surface area contributed by atoms with Crippen molar-refractivity contribution >= 4 is 28.9 Å². The number of nitrogens with zero attached hydrogens (tertiary/aromatic N) is 2. The van der Waals surface area contributed by atoms with Crippen LogP contribution >= 0.6 is 11.3 Å². The Bertz CT molecular complexity index is 632. The van der Waals surface area contributed by atoms with E-state index in [1.807, 2.05) is 13.8 Å². The number of nitrogens with one attached hydrogen (secondary N) is 2. The molecule has 7 nitrogen and oxygen atoms in total. The molecular weight excluding hydrogens is 280 g/mol. The molecule has 2 rings (SSSR count). The van der Waals surface area contributed by atoms with E-state index in [4.69, 9.17) is 0 Å². The zero-order chi connectivity index (χ0) is 14.7. The number of hydrogen-bond donors (Lipinski definition) is 2. The molecule has 0 aromatic carbocycles. The van der Waals surface area contributed by atoms with E-state index < -0.39 is 5.97 Å². The number of aromatic nitrogens is 3. The molecule has 0 atom stereocenters. The van der Waals surface area contributed by atoms with E-state index in [0.717, 1.165) is 5.01 Å². The Hall–Kier alpha value is -2.22. The topological polar surface area (TPSA) is 97.0 Å². The van der Waals surface area contributed by atoms with Gasteiger partial charge in [0.15, 0.2) is 5.69 Å². The zero-order valence-electron chi connectivity index (χ0n) is 11.3. The Morgan fingerprint density at radius 1 is 1.40 bits per heavy atom. The molecule has 0 saturated carbocycles. The number of aromatic amines is 1. The van der Waals surface area contributed by atoms with Gasteiger partial charge in [-0.1, -0.05) is 13.8 Å². The second kappa shape index (κ2) is 5.83. The Balaban J connectivity index is 2.15. The average Bonchev–Trinajstić information content (AvgIpc) is 3.06. The minimum absolute atomic E-state index is 0.106. The summed E-state index contributed by atoms with van der Waals surface area (Å²) in [6.07, 6.45) is 2.88. The van der Waals surface area contributed by atoms with Crippen LogP contribution in [0.4, 0.5) is 5.69 Å². The van der Waals surface area contributed by atoms with E-state index in [9.17, 15) is 9.59 Å². The summed E-state index contributed by atoms with van der Waals surface area (Å²) in [6, 6.07) is 0. The third-order valence-electron chi connectivity index (χ3n) is 2.52. The van der Waals surface area contributed by atoms with Crippen molar-refractivity contribution < 1.29 is 14.3 Å². The van der Waals surface area contributed by atoms with Gasteiger partial charge in [0, 0.05) is 5.92 Å². The van der Waals surface area contributed by atoms with Crippen molar-refractivity contribution in [1.29, 1.82) is 0 Å². The molecule has 0 aliphatic heterocycles. The number of carbonyl (C=O) groups is 2. The zero-order valence-corrected chi connectivity index (χ0v) is 12.1. The highest BCUT2D eigenvalue weighted by atomic mass is 32.1. The molecular formula is C12H14N4O3S. The predicted molar refractivity (Wildman–Crippen MR) is 74.1 cm³/mol. The summed E-state index contributed by atoms with van der Waals surface area (Å²) in [5.74, 6) is -0.660. The molecule has 106 valence electrons. The lowest BCUT2D eigenvalue weighted by Gasteiger charge is -2.02. The van der Waals surface area contributed by atoms with Crippen molar-refractivity contribution in [2.45, 2.75) is 19.8 Å². The van der Waals surface area contributed by atoms with Crippen LogP contribution in [0.5, 0.6) is 0 Å². The number of thiazole rings is 1. The summed E-state index contributed by atoms with van der Waals surface area (Å²) in [5.41, 5.74) is 0.385. The van der Waals surface area contributed by atoms with Crippen molar-refractivity contribution in [3.8, 4) is 0 Å². The van der Waals surface area contributed by atoms with Gasteiger partial charge in [-0.25, -0.2) is 9.78 Å². The third-order valence-corrected chi connectivity index (χ3v) is 3.81. The van der Waals surface area contributed by atoms with Crippen LogP contribution in [-0.2, 0) is 4.74 Å². The molecule has 0 spiro atoms. The predicted octanol–water partition coefficient (Wildman–Crippen LogP) is 2.03. The van der Waals surface area contributed by atoms with E-state index in [0.29, 0.717) is 4.88 Å². The first-order valence-electron chi connectivity index (χ1n) is 5.91. The molecule has 20 heavy (non-hydrogen) atoms. The first kappa shape index (κ1) is 14.2. The number of methoxy groups -OCH3 is 1. The minimum atomic E-state index is -0.593. The maximum atomic E-state index is 12.1. The first-order valence-corrected chi connectivity index (χ1v) is 6.73. The summed E-state index contributed by atoms with van der Waals surface area (Å²) in [4.78, 5) is 28.2. The van der Waals surface area contributed by atoms with Crippen LogP contribution in [-0.4, -0.2) is 34.2 Å². The largest absolute Gasteiger partial charge is 0.464 e. The highest BCUT2D eigenvalue weighted by molar-refractivity contribution is 7.13. The number of rotatable bonds is 4. The average molecular weight is 294 g/mol. The SMILES string of the molecule is COC(=O)c1[nH]ncc1NC(=O)c1cnc(C(C)C)s1. The Morgan fingerprint density at radius 3 is 2.75 bits per heavy atom. The lowest BCUT2D eigenvalue weighted by molar-refractivity contribution is 0.0595. The molecule has 0 aliphatic rings. The number of esters is 1. The van der Waals surface area contributed by atoms with Gasteiger partial charge in [-0.05, 0) is 0 Å². The van der Waals surface area contributed by atoms with Gasteiger partial charge < -0.3 is 10.1 Å². The molecule has 0 bridgehead atoms. The number of hydrogen-bond acceptors (Lipinski definition) is 6. The number of amides is 1. The molecule has 2 N–H and O–H groups in total. The van der Waals surface area contributed by atoms with Gasteiger partial charge in [0.05, 0.1) is 30.2 Å². The third kappa shape index (κ3) is 2.85. The summed E-state index contributed by atoms with van der Waals surface area (Å²) in [7, 11) is 1.26. The molecule has 2 aromatic rings. The van der Waals surface area contributed by atoms with Crippen molar-refractivity contribution in [2.75, 3.05) is 12.4 Å². The van der Waals surface area contributed by atoms with Crippen LogP contribution in [0.25, 0.3) is 0 Å². The van der Waals surface area contributed by atoms with Gasteiger partial charge in [0.1, 0.15) is 4.88 Å². The summed E-state index contributed by atoms with van der Waals surface area (Å²) < 4.78 is 4.59. The van der Waals surface area contributed by atoms with Crippen LogP contribution < -0.4 is 5.32 Å². The van der Waals surface area contributed by atoms with Crippen molar-refractivity contribution in [3.05, 3.63) is 28.0 Å². The van der Waals surface area contributed by atoms with Gasteiger partial charge in [0.25, 0.3) is 5.91 Å². The van der Waals surface area contributed by atoms with E-state index in [1.54, 1.807) is 0 Å². The lowest BCUT2D eigenvalue weighted by atomic mass is 10.2. The van der Waals surface area contributed by atoms with E-state index in [-0.39, 0.29) is 23.2 Å². The number of carbonyl (C=O) groups excluding carboxylic acids is 2. The molecule has 1 amide bonds. The Labute approximate surface area is 119 Å². The molecule has 0 unspecified atom stereocenters. The summed E-state index contributed by atoms with van der Waals surface area (Å²) in [6.45, 7) is 4.01. The quantitative estimate of drug-likeness (QED) is 0.841. The van der Waals surface area contributed by atoms with Gasteiger partial charge in [-0.15, -0.1) is 11.3 Å². The van der Waals surface area contributed by atoms with Crippen LogP contribution in [0.15, 0.2) is 12.4 Å². The van der Waals surface area contributed by atoms with Crippen LogP contribution in [0.2, 0.25) is 0 Å². The van der Waals surface area contributed by atoms with Crippen LogP contribution in [0.3, 0.4) is 0 Å². The second-order valence-electron chi connectivity index (χ2n) is 4.32. The molecule has 2 heterocycles. The highest BCUT2D eigenvalue weighted by Gasteiger charge is 2.18. The van der Waals surface area contributed by atoms with E-state index in [1.165, 1.54) is 30.8 Å². The minimum Gasteiger partial charge on any atom is -0.464 e. The van der Waals surface area contributed by atoms with Crippen molar-refractivity contribution in [3.63, 3.8) is 0 Å². The maximum Gasteiger partial charge on any atom is 0.358 e. The van der Waals surface area contributed by atoms with Gasteiger partial charge >= 0.3 is 5.97 Å². The normalized spacial score (nSPS) is 10.6. The van der Waals surface area contributed by atoms with Gasteiger partial charge in [-0.3, -0.25) is 9.89 Å². The van der Waals surface area contributed by atoms with Gasteiger partial charge in [-0.2, -0.15) is 5.10 Å². The van der Waals surface area contributed by atoms with Crippen LogP contribution in [0, 0.1) is 0 Å². The fourth-order valence-corrected chi connectivity index (χ4v) is 2.30. The Kier molecular flexibility index (Phi) is 4.14. The lowest BCUT2D eigenvalue weighted by Crippen LogP contribution is -2.13. The smallest absolute Gasteiger partial charge is 0.358 e. The fraction of sp³-hybridized carbons (Fsp3) is 0.333. The molecule has 0 saturated heterocycles. The molecule has 2 aromatic heterocycles. The van der Waals surface area contributed by atoms with E-state index in [2.05, 4.69) is 25.2 Å². The standard InChI is InChI=1S/C12H14N4O3S/c1-6(2)11-13-5-8(20-11)10(17)15-7-4-14-16-9(7)12(18)19-3/h4-6H,1-3H3,(H,14,16)(H,15,17). The summed E-state index contributed by atoms with van der Waals surface area (Å²) >= 11 is 1.32. The molecule has 0 fully saturated rings. The van der Waals surface area contributed by atoms with Gasteiger partial charge in [0.2, 0.25) is 0 Å². The monoisotopic (exact) mass is 294 g/mol. The fourth-order valence-electron chi connectivity index (χ4n) is 1.48. The molecule has 8 heteroatoms. The van der Waals surface area contributed by atoms with Crippen molar-refractivity contribution in [2.24, 2.45) is 0 Å². The number of anilines is 1. The molecule has 0 radical (unpaired) electrons. The maximum absolute atomic E-state index is 12.1. The first-order chi connectivity index (χ1) is 9.52. The highest BCUT2D eigenvalue weighted by Crippen LogP contribution is 2.22. The van der Waals surface area contributed by atoms with E-state index >= 15 is 0 Å². The number of ether oxygens (including phenoxy) is 1. The molecule has 0 aliphatic carbocycles. The summed E-state index contributed by atoms with van der Waals surface area (Å²) in [5, 5.41) is 9.70. The second-order valence-corrected chi connectivity index (χ2v) is 5.38. The Morgan fingerprint density at radius 2 is 2.15 bits per heavy atom. The number of H-pyrrole nitrogens is 1. The van der Waals surface area contributed by atoms with Crippen LogP contribution in [0.1, 0.15) is 44.9 Å². The van der Waals surface area contributed by atoms with Crippen molar-refractivity contribution in [1.82, 2.24) is 15.2 Å².